The first-order chi connectivity index (χ1) is 9.16. The average Bonchev–Trinajstić information content (AvgIpc) is 3.01. The minimum absolute atomic E-state index is 0.235. The number of amides is 1. The number of nitrogens with one attached hydrogen (secondary N) is 2. The molecular weight excluding hydrogens is 238 g/mol. The molecule has 19 heavy (non-hydrogen) atoms. The molecule has 2 N–H and O–H groups in total. The van der Waals surface area contributed by atoms with Gasteiger partial charge in [0.25, 0.3) is 0 Å². The van der Waals surface area contributed by atoms with Gasteiger partial charge in [0.05, 0.1) is 0 Å². The Balaban J connectivity index is 1.72. The molecule has 2 unspecified atom stereocenters. The van der Waals surface area contributed by atoms with Crippen LogP contribution in [0.1, 0.15) is 39.5 Å². The van der Waals surface area contributed by atoms with E-state index in [0.717, 1.165) is 26.1 Å². The SMILES string of the molecule is CC(C)C(CNC(=O)CC1CCNC1)N1CCCC1. The van der Waals surface area contributed by atoms with Crippen molar-refractivity contribution < 1.29 is 4.79 Å². The van der Waals surface area contributed by atoms with Crippen molar-refractivity contribution in [3.63, 3.8) is 0 Å². The van der Waals surface area contributed by atoms with Crippen LogP contribution in [0.15, 0.2) is 0 Å². The van der Waals surface area contributed by atoms with Gasteiger partial charge in [-0.05, 0) is 57.3 Å². The van der Waals surface area contributed by atoms with Gasteiger partial charge in [0.2, 0.25) is 5.91 Å². The van der Waals surface area contributed by atoms with Crippen LogP contribution in [0, 0.1) is 11.8 Å². The predicted molar refractivity (Wildman–Crippen MR) is 78.0 cm³/mol. The number of hydrogen-bond donors (Lipinski definition) is 2. The standard InChI is InChI=1S/C15H29N3O/c1-12(2)14(18-7-3-4-8-18)11-17-15(19)9-13-5-6-16-10-13/h12-14,16H,3-11H2,1-2H3,(H,17,19). The minimum Gasteiger partial charge on any atom is -0.355 e. The molecule has 2 aliphatic rings. The molecule has 2 rings (SSSR count). The lowest BCUT2D eigenvalue weighted by atomic mass is 10.0. The average molecular weight is 267 g/mol. The molecule has 2 heterocycles. The van der Waals surface area contributed by atoms with Crippen molar-refractivity contribution in [3.05, 3.63) is 0 Å². The van der Waals surface area contributed by atoms with Gasteiger partial charge < -0.3 is 10.6 Å². The van der Waals surface area contributed by atoms with Gasteiger partial charge in [0, 0.05) is 19.0 Å². The predicted octanol–water partition coefficient (Wildman–Crippen LogP) is 1.22. The van der Waals surface area contributed by atoms with Crippen molar-refractivity contribution in [2.75, 3.05) is 32.7 Å². The lowest BCUT2D eigenvalue weighted by molar-refractivity contribution is -0.122. The highest BCUT2D eigenvalue weighted by molar-refractivity contribution is 5.76. The summed E-state index contributed by atoms with van der Waals surface area (Å²) in [6.45, 7) is 9.81. The van der Waals surface area contributed by atoms with Crippen molar-refractivity contribution in [2.45, 2.75) is 45.6 Å². The van der Waals surface area contributed by atoms with E-state index in [2.05, 4.69) is 29.4 Å². The maximum absolute atomic E-state index is 12.0. The van der Waals surface area contributed by atoms with E-state index >= 15 is 0 Å². The lowest BCUT2D eigenvalue weighted by Gasteiger charge is -2.31. The van der Waals surface area contributed by atoms with E-state index in [4.69, 9.17) is 0 Å². The second kappa shape index (κ2) is 7.25. The van der Waals surface area contributed by atoms with Crippen LogP contribution in [0.3, 0.4) is 0 Å². The van der Waals surface area contributed by atoms with Crippen LogP contribution >= 0.6 is 0 Å². The molecule has 4 nitrogen and oxygen atoms in total. The van der Waals surface area contributed by atoms with Crippen LogP contribution in [0.4, 0.5) is 0 Å². The summed E-state index contributed by atoms with van der Waals surface area (Å²) in [6, 6.07) is 0.508. The van der Waals surface area contributed by atoms with E-state index in [1.54, 1.807) is 0 Å². The lowest BCUT2D eigenvalue weighted by Crippen LogP contribution is -2.45. The summed E-state index contributed by atoms with van der Waals surface area (Å²) in [6.07, 6.45) is 4.46. The van der Waals surface area contributed by atoms with Crippen molar-refractivity contribution in [3.8, 4) is 0 Å². The number of carbonyl (C=O) groups is 1. The Labute approximate surface area is 117 Å². The molecule has 4 heteroatoms. The number of carbonyl (C=O) groups excluding carboxylic acids is 1. The molecule has 0 aromatic rings. The van der Waals surface area contributed by atoms with Gasteiger partial charge in [-0.15, -0.1) is 0 Å². The van der Waals surface area contributed by atoms with Gasteiger partial charge in [0.15, 0.2) is 0 Å². The first kappa shape index (κ1) is 14.8. The van der Waals surface area contributed by atoms with E-state index in [9.17, 15) is 4.79 Å². The third-order valence-corrected chi connectivity index (χ3v) is 4.52. The third kappa shape index (κ3) is 4.46. The van der Waals surface area contributed by atoms with Crippen molar-refractivity contribution in [1.82, 2.24) is 15.5 Å². The number of likely N-dealkylation sites (tertiary alicyclic amines) is 1. The van der Waals surface area contributed by atoms with Crippen molar-refractivity contribution in [1.29, 1.82) is 0 Å². The van der Waals surface area contributed by atoms with Crippen LogP contribution in [0.2, 0.25) is 0 Å². The van der Waals surface area contributed by atoms with Crippen LogP contribution in [0.5, 0.6) is 0 Å². The highest BCUT2D eigenvalue weighted by Crippen LogP contribution is 2.17. The van der Waals surface area contributed by atoms with Crippen molar-refractivity contribution >= 4 is 5.91 Å². The molecule has 0 spiro atoms. The molecule has 0 aromatic heterocycles. The number of hydrogen-bond acceptors (Lipinski definition) is 3. The molecule has 0 radical (unpaired) electrons. The van der Waals surface area contributed by atoms with E-state index in [-0.39, 0.29) is 5.91 Å². The number of nitrogens with zero attached hydrogens (tertiary/aromatic N) is 1. The molecule has 2 atom stereocenters. The summed E-state index contributed by atoms with van der Waals surface area (Å²) >= 11 is 0. The van der Waals surface area contributed by atoms with E-state index in [1.807, 2.05) is 0 Å². The Bertz CT molecular complexity index is 281. The summed E-state index contributed by atoms with van der Waals surface area (Å²) < 4.78 is 0. The Hall–Kier alpha value is -0.610. The molecular formula is C15H29N3O. The summed E-state index contributed by atoms with van der Waals surface area (Å²) in [5.41, 5.74) is 0. The van der Waals surface area contributed by atoms with E-state index in [0.29, 0.717) is 24.3 Å². The zero-order valence-electron chi connectivity index (χ0n) is 12.5. The largest absolute Gasteiger partial charge is 0.355 e. The smallest absolute Gasteiger partial charge is 0.220 e. The van der Waals surface area contributed by atoms with Gasteiger partial charge >= 0.3 is 0 Å². The fourth-order valence-electron chi connectivity index (χ4n) is 3.30. The minimum atomic E-state index is 0.235. The molecule has 2 saturated heterocycles. The van der Waals surface area contributed by atoms with Crippen molar-refractivity contribution in [2.24, 2.45) is 11.8 Å². The fraction of sp³-hybridized carbons (Fsp3) is 0.933. The molecule has 110 valence electrons. The Morgan fingerprint density at radius 1 is 1.37 bits per heavy atom. The topological polar surface area (TPSA) is 44.4 Å². The monoisotopic (exact) mass is 267 g/mol. The maximum Gasteiger partial charge on any atom is 0.220 e. The van der Waals surface area contributed by atoms with Crippen LogP contribution in [-0.2, 0) is 4.79 Å². The van der Waals surface area contributed by atoms with E-state index < -0.39 is 0 Å². The van der Waals surface area contributed by atoms with Crippen LogP contribution < -0.4 is 10.6 Å². The molecule has 2 aliphatic heterocycles. The van der Waals surface area contributed by atoms with Gasteiger partial charge in [-0.3, -0.25) is 9.69 Å². The summed E-state index contributed by atoms with van der Waals surface area (Å²) in [7, 11) is 0. The maximum atomic E-state index is 12.0. The Morgan fingerprint density at radius 3 is 2.68 bits per heavy atom. The number of rotatable bonds is 6. The van der Waals surface area contributed by atoms with Crippen LogP contribution in [0.25, 0.3) is 0 Å². The fourth-order valence-corrected chi connectivity index (χ4v) is 3.30. The van der Waals surface area contributed by atoms with E-state index in [1.165, 1.54) is 25.9 Å². The van der Waals surface area contributed by atoms with Gasteiger partial charge in [-0.2, -0.15) is 0 Å². The second-order valence-corrected chi connectivity index (χ2v) is 6.42. The molecule has 0 bridgehead atoms. The van der Waals surface area contributed by atoms with Gasteiger partial charge in [-0.25, -0.2) is 0 Å². The zero-order valence-corrected chi connectivity index (χ0v) is 12.5. The second-order valence-electron chi connectivity index (χ2n) is 6.42. The molecule has 0 aliphatic carbocycles. The summed E-state index contributed by atoms with van der Waals surface area (Å²) in [5, 5.41) is 6.48. The van der Waals surface area contributed by atoms with Crippen LogP contribution in [-0.4, -0.2) is 49.6 Å². The zero-order chi connectivity index (χ0) is 13.7. The quantitative estimate of drug-likeness (QED) is 0.760. The Morgan fingerprint density at radius 2 is 2.11 bits per heavy atom. The van der Waals surface area contributed by atoms with Gasteiger partial charge in [0.1, 0.15) is 0 Å². The normalized spacial score (nSPS) is 25.9. The summed E-state index contributed by atoms with van der Waals surface area (Å²) in [5.74, 6) is 1.38. The van der Waals surface area contributed by atoms with Gasteiger partial charge in [-0.1, -0.05) is 13.8 Å². The Kier molecular flexibility index (Phi) is 5.64. The highest BCUT2D eigenvalue weighted by atomic mass is 16.1. The first-order valence-electron chi connectivity index (χ1n) is 7.88. The summed E-state index contributed by atoms with van der Waals surface area (Å²) in [4.78, 5) is 14.5. The third-order valence-electron chi connectivity index (χ3n) is 4.52. The molecule has 0 aromatic carbocycles. The molecule has 2 fully saturated rings. The molecule has 0 saturated carbocycles. The highest BCUT2D eigenvalue weighted by Gasteiger charge is 2.25. The molecule has 1 amide bonds. The first-order valence-corrected chi connectivity index (χ1v) is 7.88.